The normalized spacial score (nSPS) is 11.0. The topological polar surface area (TPSA) is 35.5 Å². The molecule has 0 heterocycles. The van der Waals surface area contributed by atoms with Crippen LogP contribution in [0.15, 0.2) is 42.5 Å². The van der Waals surface area contributed by atoms with Crippen LogP contribution in [0.5, 0.6) is 0 Å². The molecule has 2 aromatic carbocycles. The number of rotatable bonds is 8. The number of benzene rings is 2. The zero-order valence-electron chi connectivity index (χ0n) is 13.8. The first-order valence-corrected chi connectivity index (χ1v) is 8.39. The third-order valence-electron chi connectivity index (χ3n) is 3.90. The van der Waals surface area contributed by atoms with Crippen molar-refractivity contribution in [2.75, 3.05) is 25.5 Å². The van der Waals surface area contributed by atoms with Crippen molar-refractivity contribution in [2.24, 2.45) is 0 Å². The Balaban J connectivity index is 1.99. The van der Waals surface area contributed by atoms with Crippen LogP contribution in [0.4, 0.5) is 5.69 Å². The van der Waals surface area contributed by atoms with Crippen LogP contribution < -0.4 is 5.32 Å². The van der Waals surface area contributed by atoms with E-state index in [-0.39, 0.29) is 6.61 Å². The van der Waals surface area contributed by atoms with Gasteiger partial charge in [0.05, 0.1) is 6.61 Å². The van der Waals surface area contributed by atoms with E-state index in [1.807, 2.05) is 19.2 Å². The molecule has 2 rings (SSSR count). The highest BCUT2D eigenvalue weighted by Gasteiger charge is 2.06. The second kappa shape index (κ2) is 8.92. The lowest BCUT2D eigenvalue weighted by Crippen LogP contribution is -2.21. The Hall–Kier alpha value is -1.55. The van der Waals surface area contributed by atoms with Crippen LogP contribution in [0, 0.1) is 0 Å². The third kappa shape index (κ3) is 5.54. The van der Waals surface area contributed by atoms with Gasteiger partial charge in [-0.3, -0.25) is 4.90 Å². The molecule has 0 saturated heterocycles. The van der Waals surface area contributed by atoms with Crippen molar-refractivity contribution >= 4 is 17.3 Å². The molecule has 0 radical (unpaired) electrons. The molecule has 23 heavy (non-hydrogen) atoms. The van der Waals surface area contributed by atoms with Gasteiger partial charge < -0.3 is 10.4 Å². The molecule has 0 aromatic heterocycles. The summed E-state index contributed by atoms with van der Waals surface area (Å²) in [7, 11) is 1.97. The zero-order chi connectivity index (χ0) is 16.7. The van der Waals surface area contributed by atoms with Crippen LogP contribution in [-0.4, -0.2) is 30.2 Å². The first-order valence-electron chi connectivity index (χ1n) is 8.02. The van der Waals surface area contributed by atoms with Crippen LogP contribution in [0.3, 0.4) is 0 Å². The molecular weight excluding hydrogens is 308 g/mol. The molecule has 0 aliphatic heterocycles. The van der Waals surface area contributed by atoms with Gasteiger partial charge in [0.2, 0.25) is 0 Å². The van der Waals surface area contributed by atoms with Gasteiger partial charge in [-0.25, -0.2) is 0 Å². The predicted octanol–water partition coefficient (Wildman–Crippen LogP) is 3.94. The molecule has 2 N–H and O–H groups in total. The molecule has 3 nitrogen and oxygen atoms in total. The molecule has 0 atom stereocenters. The van der Waals surface area contributed by atoms with Crippen molar-refractivity contribution in [3.05, 3.63) is 64.2 Å². The average molecular weight is 333 g/mol. The lowest BCUT2D eigenvalue weighted by atomic mass is 10.1. The number of halogens is 1. The minimum Gasteiger partial charge on any atom is -0.395 e. The van der Waals surface area contributed by atoms with Crippen molar-refractivity contribution in [1.29, 1.82) is 0 Å². The Morgan fingerprint density at radius 2 is 1.78 bits per heavy atom. The summed E-state index contributed by atoms with van der Waals surface area (Å²) in [5.74, 6) is 0. The summed E-state index contributed by atoms with van der Waals surface area (Å²) in [5, 5.41) is 13.2. The number of anilines is 1. The fraction of sp³-hybridized carbons (Fsp3) is 0.368. The van der Waals surface area contributed by atoms with E-state index in [4.69, 9.17) is 16.7 Å². The standard InChI is InChI=1S/C19H25ClN2O/c1-3-15-4-6-16(7-5-15)13-21-18-8-9-19(20)17(12-18)14-22(2)10-11-23/h4-9,12,21,23H,3,10-11,13-14H2,1-2H3. The molecule has 2 aromatic rings. The highest BCUT2D eigenvalue weighted by atomic mass is 35.5. The van der Waals surface area contributed by atoms with E-state index in [0.29, 0.717) is 6.54 Å². The number of nitrogens with zero attached hydrogens (tertiary/aromatic N) is 1. The Morgan fingerprint density at radius 3 is 2.43 bits per heavy atom. The maximum atomic E-state index is 9.00. The Labute approximate surface area is 143 Å². The van der Waals surface area contributed by atoms with Crippen molar-refractivity contribution < 1.29 is 5.11 Å². The van der Waals surface area contributed by atoms with Crippen molar-refractivity contribution in [3.63, 3.8) is 0 Å². The molecule has 0 unspecified atom stereocenters. The Kier molecular flexibility index (Phi) is 6.90. The van der Waals surface area contributed by atoms with Gasteiger partial charge in [0.25, 0.3) is 0 Å². The molecular formula is C19H25ClN2O. The van der Waals surface area contributed by atoms with Gasteiger partial charge in [-0.05, 0) is 48.4 Å². The largest absolute Gasteiger partial charge is 0.395 e. The minimum absolute atomic E-state index is 0.153. The number of aliphatic hydroxyl groups is 1. The van der Waals surface area contributed by atoms with Gasteiger partial charge in [-0.15, -0.1) is 0 Å². The summed E-state index contributed by atoms with van der Waals surface area (Å²) < 4.78 is 0. The highest BCUT2D eigenvalue weighted by molar-refractivity contribution is 6.31. The molecule has 0 amide bonds. The van der Waals surface area contributed by atoms with E-state index < -0.39 is 0 Å². The molecule has 124 valence electrons. The van der Waals surface area contributed by atoms with Gasteiger partial charge >= 0.3 is 0 Å². The maximum absolute atomic E-state index is 9.00. The molecule has 0 spiro atoms. The van der Waals surface area contributed by atoms with E-state index in [1.165, 1.54) is 11.1 Å². The van der Waals surface area contributed by atoms with Crippen LogP contribution in [0.2, 0.25) is 5.02 Å². The summed E-state index contributed by atoms with van der Waals surface area (Å²) in [6, 6.07) is 14.7. The smallest absolute Gasteiger partial charge is 0.0558 e. The second-order valence-electron chi connectivity index (χ2n) is 5.79. The van der Waals surface area contributed by atoms with Gasteiger partial charge in [0, 0.05) is 30.3 Å². The quantitative estimate of drug-likeness (QED) is 0.768. The number of aliphatic hydroxyl groups excluding tert-OH is 1. The summed E-state index contributed by atoms with van der Waals surface area (Å²) >= 11 is 6.27. The summed E-state index contributed by atoms with van der Waals surface area (Å²) in [4.78, 5) is 2.05. The summed E-state index contributed by atoms with van der Waals surface area (Å²) in [6.07, 6.45) is 1.07. The summed E-state index contributed by atoms with van der Waals surface area (Å²) in [5.41, 5.74) is 4.74. The van der Waals surface area contributed by atoms with Crippen molar-refractivity contribution in [3.8, 4) is 0 Å². The number of likely N-dealkylation sites (N-methyl/N-ethyl adjacent to an activating group) is 1. The van der Waals surface area contributed by atoms with E-state index in [0.717, 1.165) is 35.8 Å². The number of hydrogen-bond donors (Lipinski definition) is 2. The molecule has 0 aliphatic rings. The van der Waals surface area contributed by atoms with Crippen LogP contribution in [-0.2, 0) is 19.5 Å². The first kappa shape index (κ1) is 17.8. The molecule has 0 fully saturated rings. The Morgan fingerprint density at radius 1 is 1.09 bits per heavy atom. The maximum Gasteiger partial charge on any atom is 0.0558 e. The minimum atomic E-state index is 0.153. The average Bonchev–Trinajstić information content (AvgIpc) is 2.56. The molecule has 0 saturated carbocycles. The van der Waals surface area contributed by atoms with Gasteiger partial charge in [-0.1, -0.05) is 42.8 Å². The number of nitrogens with one attached hydrogen (secondary N) is 1. The number of hydrogen-bond acceptors (Lipinski definition) is 3. The SMILES string of the molecule is CCc1ccc(CNc2ccc(Cl)c(CN(C)CCO)c2)cc1. The fourth-order valence-corrected chi connectivity index (χ4v) is 2.62. The predicted molar refractivity (Wildman–Crippen MR) is 98.0 cm³/mol. The molecule has 0 bridgehead atoms. The van der Waals surface area contributed by atoms with Gasteiger partial charge in [-0.2, -0.15) is 0 Å². The number of aryl methyl sites for hydroxylation is 1. The lowest BCUT2D eigenvalue weighted by molar-refractivity contribution is 0.217. The lowest BCUT2D eigenvalue weighted by Gasteiger charge is -2.17. The van der Waals surface area contributed by atoms with Gasteiger partial charge in [0.1, 0.15) is 0 Å². The van der Waals surface area contributed by atoms with E-state index in [2.05, 4.69) is 47.5 Å². The fourth-order valence-electron chi connectivity index (χ4n) is 2.44. The Bertz CT molecular complexity index is 613. The van der Waals surface area contributed by atoms with Crippen LogP contribution >= 0.6 is 11.6 Å². The van der Waals surface area contributed by atoms with Gasteiger partial charge in [0.15, 0.2) is 0 Å². The van der Waals surface area contributed by atoms with Crippen LogP contribution in [0.25, 0.3) is 0 Å². The van der Waals surface area contributed by atoms with E-state index in [1.54, 1.807) is 0 Å². The van der Waals surface area contributed by atoms with Crippen LogP contribution in [0.1, 0.15) is 23.6 Å². The van der Waals surface area contributed by atoms with E-state index >= 15 is 0 Å². The molecule has 0 aliphatic carbocycles. The van der Waals surface area contributed by atoms with Crippen molar-refractivity contribution in [1.82, 2.24) is 4.90 Å². The molecule has 4 heteroatoms. The highest BCUT2D eigenvalue weighted by Crippen LogP contribution is 2.22. The summed E-state index contributed by atoms with van der Waals surface area (Å²) in [6.45, 7) is 4.46. The van der Waals surface area contributed by atoms with Crippen molar-refractivity contribution in [2.45, 2.75) is 26.4 Å². The third-order valence-corrected chi connectivity index (χ3v) is 4.26. The monoisotopic (exact) mass is 332 g/mol. The van der Waals surface area contributed by atoms with E-state index in [9.17, 15) is 0 Å². The first-order chi connectivity index (χ1) is 11.1. The second-order valence-corrected chi connectivity index (χ2v) is 6.20. The zero-order valence-corrected chi connectivity index (χ0v) is 14.6.